The fraction of sp³-hybridized carbons (Fsp3) is 0.833. The second-order valence-corrected chi connectivity index (χ2v) is 4.93. The summed E-state index contributed by atoms with van der Waals surface area (Å²) in [6.07, 6.45) is -0.875. The average Bonchev–Trinajstić information content (AvgIpc) is 3.00. The van der Waals surface area contributed by atoms with Crippen molar-refractivity contribution in [1.82, 2.24) is 4.90 Å². The first-order valence-corrected chi connectivity index (χ1v) is 6.26. The van der Waals surface area contributed by atoms with E-state index in [1.807, 2.05) is 0 Å². The predicted octanol–water partition coefficient (Wildman–Crippen LogP) is 0.520. The first-order chi connectivity index (χ1) is 8.91. The van der Waals surface area contributed by atoms with Gasteiger partial charge in [0.25, 0.3) is 0 Å². The Kier molecular flexibility index (Phi) is 3.69. The third kappa shape index (κ3) is 2.66. The monoisotopic (exact) mass is 273 g/mol. The van der Waals surface area contributed by atoms with Crippen LogP contribution in [0.25, 0.3) is 0 Å². The van der Waals surface area contributed by atoms with Gasteiger partial charge in [0, 0.05) is 0 Å². The fourth-order valence-electron chi connectivity index (χ4n) is 2.32. The van der Waals surface area contributed by atoms with E-state index in [0.29, 0.717) is 6.61 Å². The molecular weight excluding hydrogens is 254 g/mol. The van der Waals surface area contributed by atoms with Crippen molar-refractivity contribution in [3.63, 3.8) is 0 Å². The molecule has 0 aromatic carbocycles. The Balaban J connectivity index is 2.06. The summed E-state index contributed by atoms with van der Waals surface area (Å²) in [6.45, 7) is 5.88. The standard InChI is InChI=1S/C12H19NO6/c1-5-17-11(15)13-8(9(13)10(14)16-4)7-6-18-12(2,3)19-7/h7-9H,5-6H2,1-4H3/t7-,8+,9+,13?/m1/s1. The van der Waals surface area contributed by atoms with Gasteiger partial charge in [-0.05, 0) is 20.8 Å². The highest BCUT2D eigenvalue weighted by Crippen LogP contribution is 2.39. The maximum absolute atomic E-state index is 11.8. The van der Waals surface area contributed by atoms with Crippen molar-refractivity contribution in [1.29, 1.82) is 0 Å². The third-order valence-corrected chi connectivity index (χ3v) is 3.19. The molecule has 0 aliphatic carbocycles. The van der Waals surface area contributed by atoms with Crippen LogP contribution in [0.15, 0.2) is 0 Å². The zero-order valence-electron chi connectivity index (χ0n) is 11.5. The smallest absolute Gasteiger partial charge is 0.411 e. The van der Waals surface area contributed by atoms with Crippen LogP contribution in [-0.4, -0.2) is 61.3 Å². The summed E-state index contributed by atoms with van der Waals surface area (Å²) in [7, 11) is 1.29. The van der Waals surface area contributed by atoms with E-state index in [1.54, 1.807) is 20.8 Å². The number of hydrogen-bond acceptors (Lipinski definition) is 6. The highest BCUT2D eigenvalue weighted by atomic mass is 16.7. The van der Waals surface area contributed by atoms with E-state index >= 15 is 0 Å². The van der Waals surface area contributed by atoms with Gasteiger partial charge in [0.15, 0.2) is 11.8 Å². The molecular formula is C12H19NO6. The predicted molar refractivity (Wildman–Crippen MR) is 63.4 cm³/mol. The summed E-state index contributed by atoms with van der Waals surface area (Å²) in [5.74, 6) is -1.17. The topological polar surface area (TPSA) is 74.1 Å². The molecule has 2 heterocycles. The molecule has 0 bridgehead atoms. The number of methoxy groups -OCH3 is 1. The Morgan fingerprint density at radius 3 is 2.58 bits per heavy atom. The highest BCUT2D eigenvalue weighted by Gasteiger charge is 2.63. The molecule has 2 aliphatic rings. The summed E-state index contributed by atoms with van der Waals surface area (Å²) < 4.78 is 20.7. The molecule has 19 heavy (non-hydrogen) atoms. The van der Waals surface area contributed by atoms with Crippen LogP contribution in [0, 0.1) is 0 Å². The molecule has 0 N–H and O–H groups in total. The first kappa shape index (κ1) is 14.1. The molecule has 2 aliphatic heterocycles. The zero-order chi connectivity index (χ0) is 14.2. The normalized spacial score (nSPS) is 32.0. The van der Waals surface area contributed by atoms with Gasteiger partial charge < -0.3 is 18.9 Å². The van der Waals surface area contributed by atoms with E-state index < -0.39 is 23.9 Å². The van der Waals surface area contributed by atoms with Gasteiger partial charge in [-0.1, -0.05) is 0 Å². The van der Waals surface area contributed by atoms with Crippen LogP contribution < -0.4 is 0 Å². The average molecular weight is 273 g/mol. The molecule has 2 saturated heterocycles. The number of amides is 1. The van der Waals surface area contributed by atoms with Crippen LogP contribution >= 0.6 is 0 Å². The summed E-state index contributed by atoms with van der Waals surface area (Å²) in [6, 6.07) is -1.03. The Morgan fingerprint density at radius 2 is 2.11 bits per heavy atom. The lowest BCUT2D eigenvalue weighted by Crippen LogP contribution is -2.28. The summed E-state index contributed by atoms with van der Waals surface area (Å²) in [4.78, 5) is 24.8. The van der Waals surface area contributed by atoms with Crippen molar-refractivity contribution in [2.45, 2.75) is 44.7 Å². The minimum absolute atomic E-state index is 0.253. The molecule has 3 atom stereocenters. The SMILES string of the molecule is CCOC(=O)N1[C@@H]([C@H]2COC(C)(C)O2)[C@H]1C(=O)OC. The van der Waals surface area contributed by atoms with Crippen molar-refractivity contribution in [2.24, 2.45) is 0 Å². The number of ether oxygens (including phenoxy) is 4. The molecule has 0 spiro atoms. The van der Waals surface area contributed by atoms with E-state index in [0.717, 1.165) is 0 Å². The minimum Gasteiger partial charge on any atom is -0.467 e. The van der Waals surface area contributed by atoms with Gasteiger partial charge in [0.05, 0.1) is 26.4 Å². The van der Waals surface area contributed by atoms with Crippen molar-refractivity contribution in [2.75, 3.05) is 20.3 Å². The van der Waals surface area contributed by atoms with Crippen LogP contribution in [0.5, 0.6) is 0 Å². The lowest BCUT2D eigenvalue weighted by atomic mass is 10.2. The van der Waals surface area contributed by atoms with E-state index in [-0.39, 0.29) is 18.8 Å². The van der Waals surface area contributed by atoms with Crippen LogP contribution in [0.3, 0.4) is 0 Å². The van der Waals surface area contributed by atoms with Crippen molar-refractivity contribution in [3.8, 4) is 0 Å². The molecule has 7 heteroatoms. The fourth-order valence-corrected chi connectivity index (χ4v) is 2.32. The maximum Gasteiger partial charge on any atom is 0.411 e. The van der Waals surface area contributed by atoms with Crippen molar-refractivity contribution in [3.05, 3.63) is 0 Å². The summed E-state index contributed by atoms with van der Waals surface area (Å²) in [5, 5.41) is 0. The van der Waals surface area contributed by atoms with Crippen LogP contribution in [0.4, 0.5) is 4.79 Å². The van der Waals surface area contributed by atoms with Crippen LogP contribution in [0.2, 0.25) is 0 Å². The van der Waals surface area contributed by atoms with Gasteiger partial charge in [0.1, 0.15) is 6.10 Å². The van der Waals surface area contributed by atoms with Gasteiger partial charge in [-0.3, -0.25) is 4.90 Å². The molecule has 7 nitrogen and oxygen atoms in total. The first-order valence-electron chi connectivity index (χ1n) is 6.26. The summed E-state index contributed by atoms with van der Waals surface area (Å²) in [5.41, 5.74) is 0. The third-order valence-electron chi connectivity index (χ3n) is 3.19. The van der Waals surface area contributed by atoms with Gasteiger partial charge in [-0.25, -0.2) is 9.59 Å². The molecule has 2 fully saturated rings. The molecule has 108 valence electrons. The number of rotatable bonds is 3. The lowest BCUT2D eigenvalue weighted by Gasteiger charge is -2.16. The van der Waals surface area contributed by atoms with Crippen LogP contribution in [-0.2, 0) is 23.7 Å². The van der Waals surface area contributed by atoms with Gasteiger partial charge >= 0.3 is 12.1 Å². The molecule has 0 radical (unpaired) electrons. The second kappa shape index (κ2) is 4.97. The largest absolute Gasteiger partial charge is 0.467 e. The van der Waals surface area contributed by atoms with Gasteiger partial charge in [0.2, 0.25) is 0 Å². The molecule has 0 saturated carbocycles. The number of nitrogens with zero attached hydrogens (tertiary/aromatic N) is 1. The van der Waals surface area contributed by atoms with Crippen molar-refractivity contribution < 1.29 is 28.5 Å². The Hall–Kier alpha value is -1.34. The highest BCUT2D eigenvalue weighted by molar-refractivity contribution is 5.88. The lowest BCUT2D eigenvalue weighted by molar-refractivity contribution is -0.143. The van der Waals surface area contributed by atoms with Crippen molar-refractivity contribution >= 4 is 12.1 Å². The minimum atomic E-state index is -0.700. The van der Waals surface area contributed by atoms with Crippen LogP contribution in [0.1, 0.15) is 20.8 Å². The van der Waals surface area contributed by atoms with Gasteiger partial charge in [-0.15, -0.1) is 0 Å². The van der Waals surface area contributed by atoms with E-state index in [4.69, 9.17) is 14.2 Å². The quantitative estimate of drug-likeness (QED) is 0.551. The van der Waals surface area contributed by atoms with Gasteiger partial charge in [-0.2, -0.15) is 0 Å². The molecule has 0 aromatic heterocycles. The van der Waals surface area contributed by atoms with E-state index in [2.05, 4.69) is 4.74 Å². The van der Waals surface area contributed by atoms with E-state index in [9.17, 15) is 9.59 Å². The molecule has 0 aromatic rings. The number of esters is 1. The zero-order valence-corrected chi connectivity index (χ0v) is 11.5. The Morgan fingerprint density at radius 1 is 1.42 bits per heavy atom. The van der Waals surface area contributed by atoms with E-state index in [1.165, 1.54) is 12.0 Å². The molecule has 0 unspecified atom stereocenters. The number of carbonyl (C=O) groups is 2. The second-order valence-electron chi connectivity index (χ2n) is 4.93. The molecule has 2 rings (SSSR count). The summed E-state index contributed by atoms with van der Waals surface area (Å²) >= 11 is 0. The number of carbonyl (C=O) groups excluding carboxylic acids is 2. The maximum atomic E-state index is 11.8. The molecule has 1 amide bonds. The Bertz CT molecular complexity index is 382. The number of hydrogen-bond donors (Lipinski definition) is 0. The Labute approximate surface area is 111 Å².